The van der Waals surface area contributed by atoms with Gasteiger partial charge in [0.1, 0.15) is 5.75 Å². The van der Waals surface area contributed by atoms with E-state index in [2.05, 4.69) is 5.32 Å². The molecule has 3 unspecified atom stereocenters. The summed E-state index contributed by atoms with van der Waals surface area (Å²) in [5, 5.41) is 12.1. The molecule has 0 heterocycles. The van der Waals surface area contributed by atoms with Crippen LogP contribution in [0.1, 0.15) is 37.8 Å². The smallest absolute Gasteiger partial charge is 0.307 e. The van der Waals surface area contributed by atoms with Gasteiger partial charge < -0.3 is 15.2 Å². The van der Waals surface area contributed by atoms with Gasteiger partial charge in [-0.3, -0.25) is 9.59 Å². The molecule has 5 nitrogen and oxygen atoms in total. The number of aliphatic carboxylic acids is 1. The normalized spacial score (nSPS) is 22.6. The van der Waals surface area contributed by atoms with Gasteiger partial charge in [0.2, 0.25) is 5.91 Å². The van der Waals surface area contributed by atoms with Gasteiger partial charge in [0, 0.05) is 0 Å². The lowest BCUT2D eigenvalue weighted by molar-refractivity contribution is -0.146. The number of carbonyl (C=O) groups is 2. The second kappa shape index (κ2) is 6.61. The summed E-state index contributed by atoms with van der Waals surface area (Å²) in [5.41, 5.74) is 0.938. The molecule has 0 bridgehead atoms. The minimum Gasteiger partial charge on any atom is -0.497 e. The van der Waals surface area contributed by atoms with Gasteiger partial charge in [-0.1, -0.05) is 18.6 Å². The van der Waals surface area contributed by atoms with E-state index in [0.717, 1.165) is 17.7 Å². The molecule has 0 aliphatic heterocycles. The average molecular weight is 291 g/mol. The van der Waals surface area contributed by atoms with E-state index in [9.17, 15) is 9.59 Å². The fraction of sp³-hybridized carbons (Fsp3) is 0.500. The zero-order chi connectivity index (χ0) is 15.4. The second-order valence-electron chi connectivity index (χ2n) is 5.49. The van der Waals surface area contributed by atoms with Crippen LogP contribution >= 0.6 is 0 Å². The van der Waals surface area contributed by atoms with Crippen molar-refractivity contribution in [3.63, 3.8) is 0 Å². The molecule has 1 fully saturated rings. The summed E-state index contributed by atoms with van der Waals surface area (Å²) in [7, 11) is 1.60. The van der Waals surface area contributed by atoms with E-state index >= 15 is 0 Å². The van der Waals surface area contributed by atoms with Crippen molar-refractivity contribution >= 4 is 11.9 Å². The molecule has 5 heteroatoms. The molecule has 0 radical (unpaired) electrons. The third-order valence-corrected chi connectivity index (χ3v) is 4.12. The summed E-state index contributed by atoms with van der Waals surface area (Å²) in [6.07, 6.45) is 2.02. The van der Waals surface area contributed by atoms with Crippen molar-refractivity contribution in [2.45, 2.75) is 32.2 Å². The van der Waals surface area contributed by atoms with Crippen molar-refractivity contribution in [1.82, 2.24) is 5.32 Å². The quantitative estimate of drug-likeness (QED) is 0.873. The molecule has 2 N–H and O–H groups in total. The molecule has 21 heavy (non-hydrogen) atoms. The lowest BCUT2D eigenvalue weighted by atomic mass is 9.94. The van der Waals surface area contributed by atoms with Crippen LogP contribution in [-0.4, -0.2) is 24.1 Å². The maximum absolute atomic E-state index is 12.3. The molecule has 0 spiro atoms. The fourth-order valence-electron chi connectivity index (χ4n) is 2.88. The summed E-state index contributed by atoms with van der Waals surface area (Å²) < 4.78 is 5.17. The lowest BCUT2D eigenvalue weighted by Crippen LogP contribution is -2.36. The Morgan fingerprint density at radius 1 is 1.33 bits per heavy atom. The zero-order valence-corrected chi connectivity index (χ0v) is 12.3. The highest BCUT2D eigenvalue weighted by molar-refractivity contribution is 5.85. The molecule has 3 atom stereocenters. The predicted molar refractivity (Wildman–Crippen MR) is 78.0 cm³/mol. The van der Waals surface area contributed by atoms with E-state index in [4.69, 9.17) is 9.84 Å². The Balaban J connectivity index is 2.03. The number of carboxylic acid groups (broad SMARTS) is 1. The molecule has 0 aromatic heterocycles. The van der Waals surface area contributed by atoms with Crippen molar-refractivity contribution in [3.8, 4) is 5.75 Å². The van der Waals surface area contributed by atoms with Crippen LogP contribution < -0.4 is 10.1 Å². The molecular formula is C16H21NO4. The first-order chi connectivity index (χ1) is 10.0. The highest BCUT2D eigenvalue weighted by Crippen LogP contribution is 2.32. The van der Waals surface area contributed by atoms with Gasteiger partial charge in [-0.2, -0.15) is 0 Å². The number of ether oxygens (including phenoxy) is 1. The predicted octanol–water partition coefficient (Wildman–Crippen LogP) is 2.37. The van der Waals surface area contributed by atoms with Crippen molar-refractivity contribution in [2.24, 2.45) is 11.8 Å². The number of benzene rings is 1. The van der Waals surface area contributed by atoms with Gasteiger partial charge in [0.25, 0.3) is 0 Å². The maximum atomic E-state index is 12.3. The molecule has 1 aromatic carbocycles. The number of carboxylic acids is 1. The van der Waals surface area contributed by atoms with Crippen molar-refractivity contribution in [1.29, 1.82) is 0 Å². The number of carbonyl (C=O) groups excluding carboxylic acids is 1. The Bertz CT molecular complexity index is 529. The third kappa shape index (κ3) is 3.54. The highest BCUT2D eigenvalue weighted by Gasteiger charge is 2.38. The number of methoxy groups -OCH3 is 1. The first-order valence-electron chi connectivity index (χ1n) is 7.20. The van der Waals surface area contributed by atoms with Gasteiger partial charge in [-0.15, -0.1) is 0 Å². The van der Waals surface area contributed by atoms with Gasteiger partial charge in [0.05, 0.1) is 25.0 Å². The van der Waals surface area contributed by atoms with Crippen molar-refractivity contribution in [3.05, 3.63) is 29.8 Å². The molecule has 1 aliphatic carbocycles. The Morgan fingerprint density at radius 3 is 2.71 bits per heavy atom. The van der Waals surface area contributed by atoms with Crippen LogP contribution in [0.2, 0.25) is 0 Å². The Morgan fingerprint density at radius 2 is 2.05 bits per heavy atom. The Labute approximate surface area is 124 Å². The minimum atomic E-state index is -0.873. The van der Waals surface area contributed by atoms with E-state index in [1.54, 1.807) is 7.11 Å². The van der Waals surface area contributed by atoms with Crippen LogP contribution in [-0.2, 0) is 9.59 Å². The monoisotopic (exact) mass is 291 g/mol. The summed E-state index contributed by atoms with van der Waals surface area (Å²) in [4.78, 5) is 23.5. The van der Waals surface area contributed by atoms with Crippen LogP contribution in [0.4, 0.5) is 0 Å². The van der Waals surface area contributed by atoms with E-state index in [1.165, 1.54) is 0 Å². The highest BCUT2D eigenvalue weighted by atomic mass is 16.5. The van der Waals surface area contributed by atoms with Crippen LogP contribution in [0.15, 0.2) is 24.3 Å². The molecule has 1 aliphatic rings. The van der Waals surface area contributed by atoms with Crippen molar-refractivity contribution < 1.29 is 19.4 Å². The van der Waals surface area contributed by atoms with E-state index < -0.39 is 17.8 Å². The molecular weight excluding hydrogens is 270 g/mol. The number of nitrogens with one attached hydrogen (secondary N) is 1. The largest absolute Gasteiger partial charge is 0.497 e. The number of rotatable bonds is 5. The Hall–Kier alpha value is -2.04. The fourth-order valence-corrected chi connectivity index (χ4v) is 2.88. The van der Waals surface area contributed by atoms with Gasteiger partial charge >= 0.3 is 5.97 Å². The van der Waals surface area contributed by atoms with Crippen LogP contribution in [0.25, 0.3) is 0 Å². The molecule has 2 rings (SSSR count). The van der Waals surface area contributed by atoms with Gasteiger partial charge in [0.15, 0.2) is 0 Å². The molecule has 114 valence electrons. The summed E-state index contributed by atoms with van der Waals surface area (Å²) >= 11 is 0. The number of amides is 1. The Kier molecular flexibility index (Phi) is 4.83. The van der Waals surface area contributed by atoms with Crippen LogP contribution in [0.3, 0.4) is 0 Å². The van der Waals surface area contributed by atoms with E-state index in [0.29, 0.717) is 12.8 Å². The standard InChI is InChI=1S/C16H21NO4/c1-10(11-5-3-6-12(9-11)21-2)17-15(18)13-7-4-8-14(13)16(19)20/h3,5-6,9-10,13-14H,4,7-8H2,1-2H3,(H,17,18)(H,19,20). The minimum absolute atomic E-state index is 0.171. The molecule has 0 saturated heterocycles. The first kappa shape index (κ1) is 15.4. The van der Waals surface area contributed by atoms with Gasteiger partial charge in [-0.25, -0.2) is 0 Å². The van der Waals surface area contributed by atoms with E-state index in [1.807, 2.05) is 31.2 Å². The lowest BCUT2D eigenvalue weighted by Gasteiger charge is -2.20. The second-order valence-corrected chi connectivity index (χ2v) is 5.49. The van der Waals surface area contributed by atoms with Crippen LogP contribution in [0.5, 0.6) is 5.75 Å². The summed E-state index contributed by atoms with van der Waals surface area (Å²) in [6, 6.07) is 7.31. The average Bonchev–Trinajstić information content (AvgIpc) is 2.97. The maximum Gasteiger partial charge on any atom is 0.307 e. The summed E-state index contributed by atoms with van der Waals surface area (Å²) in [5.74, 6) is -1.28. The number of hydrogen-bond donors (Lipinski definition) is 2. The van der Waals surface area contributed by atoms with E-state index in [-0.39, 0.29) is 11.9 Å². The SMILES string of the molecule is COc1cccc(C(C)NC(=O)C2CCCC2C(=O)O)c1. The van der Waals surface area contributed by atoms with Crippen LogP contribution in [0, 0.1) is 11.8 Å². The molecule has 1 amide bonds. The van der Waals surface area contributed by atoms with Crippen molar-refractivity contribution in [2.75, 3.05) is 7.11 Å². The van der Waals surface area contributed by atoms with Gasteiger partial charge in [-0.05, 0) is 37.5 Å². The first-order valence-corrected chi connectivity index (χ1v) is 7.20. The molecule has 1 saturated carbocycles. The molecule has 1 aromatic rings. The zero-order valence-electron chi connectivity index (χ0n) is 12.3. The third-order valence-electron chi connectivity index (χ3n) is 4.12. The number of hydrogen-bond acceptors (Lipinski definition) is 3. The topological polar surface area (TPSA) is 75.6 Å². The summed E-state index contributed by atoms with van der Waals surface area (Å²) in [6.45, 7) is 1.89.